The molecule has 10 heteroatoms. The Hall–Kier alpha value is -1.98. The summed E-state index contributed by atoms with van der Waals surface area (Å²) in [5.74, 6) is 0.737. The summed E-state index contributed by atoms with van der Waals surface area (Å²) < 4.78 is 64.3. The molecule has 0 radical (unpaired) electrons. The summed E-state index contributed by atoms with van der Waals surface area (Å²) in [6, 6.07) is 12.6. The van der Waals surface area contributed by atoms with Gasteiger partial charge >= 0.3 is 0 Å². The summed E-state index contributed by atoms with van der Waals surface area (Å²) in [6.45, 7) is 1.50. The Labute approximate surface area is 171 Å². The number of benzene rings is 2. The van der Waals surface area contributed by atoms with E-state index < -0.39 is 20.0 Å². The smallest absolute Gasteiger partial charge is 0.243 e. The highest BCUT2D eigenvalue weighted by molar-refractivity contribution is 7.89. The molecule has 29 heavy (non-hydrogen) atoms. The van der Waals surface area contributed by atoms with Crippen molar-refractivity contribution in [1.29, 1.82) is 0 Å². The Kier molecular flexibility index (Phi) is 6.91. The van der Waals surface area contributed by atoms with Gasteiger partial charge in [0.25, 0.3) is 0 Å². The van der Waals surface area contributed by atoms with Crippen LogP contribution in [0.3, 0.4) is 0 Å². The number of morpholine rings is 1. The van der Waals surface area contributed by atoms with Crippen molar-refractivity contribution in [3.63, 3.8) is 0 Å². The summed E-state index contributed by atoms with van der Waals surface area (Å²) in [5.41, 5.74) is 0.973. The van der Waals surface area contributed by atoms with Gasteiger partial charge in [0, 0.05) is 19.6 Å². The second kappa shape index (κ2) is 9.23. The molecule has 0 aromatic heterocycles. The van der Waals surface area contributed by atoms with Gasteiger partial charge in [0.05, 0.1) is 30.1 Å². The molecule has 0 unspecified atom stereocenters. The minimum absolute atomic E-state index is 0.0214. The molecule has 3 rings (SSSR count). The molecule has 1 aliphatic heterocycles. The molecular formula is C19H24N2O6S2. The van der Waals surface area contributed by atoms with Crippen LogP contribution in [0.5, 0.6) is 5.75 Å². The number of ether oxygens (including phenoxy) is 2. The Morgan fingerprint density at radius 1 is 0.931 bits per heavy atom. The molecule has 1 heterocycles. The average molecular weight is 441 g/mol. The highest BCUT2D eigenvalue weighted by Crippen LogP contribution is 2.19. The van der Waals surface area contributed by atoms with E-state index >= 15 is 0 Å². The van der Waals surface area contributed by atoms with Crippen LogP contribution in [-0.2, 0) is 31.2 Å². The first-order valence-electron chi connectivity index (χ1n) is 9.13. The maximum Gasteiger partial charge on any atom is 0.243 e. The summed E-state index contributed by atoms with van der Waals surface area (Å²) in [5, 5.41) is 0. The van der Waals surface area contributed by atoms with Gasteiger partial charge < -0.3 is 9.47 Å². The van der Waals surface area contributed by atoms with Crippen LogP contribution in [-0.4, -0.2) is 61.1 Å². The van der Waals surface area contributed by atoms with Crippen LogP contribution in [0.25, 0.3) is 0 Å². The van der Waals surface area contributed by atoms with Crippen LogP contribution in [0.15, 0.2) is 58.3 Å². The molecule has 1 aliphatic rings. The zero-order valence-corrected chi connectivity index (χ0v) is 17.7. The van der Waals surface area contributed by atoms with Crippen molar-refractivity contribution in [2.45, 2.75) is 16.2 Å². The van der Waals surface area contributed by atoms with E-state index in [4.69, 9.17) is 9.47 Å². The molecule has 1 N–H and O–H groups in total. The van der Waals surface area contributed by atoms with Gasteiger partial charge in [-0.2, -0.15) is 4.31 Å². The Morgan fingerprint density at radius 3 is 2.10 bits per heavy atom. The number of nitrogens with one attached hydrogen (secondary N) is 1. The van der Waals surface area contributed by atoms with E-state index in [0.29, 0.717) is 19.6 Å². The fraction of sp³-hybridized carbons (Fsp3) is 0.368. The Bertz CT molecular complexity index is 1010. The van der Waals surface area contributed by atoms with Crippen molar-refractivity contribution in [3.8, 4) is 5.75 Å². The van der Waals surface area contributed by atoms with Crippen molar-refractivity contribution in [1.82, 2.24) is 9.03 Å². The number of methoxy groups -OCH3 is 1. The molecule has 0 aliphatic carbocycles. The third-order valence-electron chi connectivity index (χ3n) is 4.61. The normalized spacial score (nSPS) is 15.9. The standard InChI is InChI=1S/C19H24N2O6S2/c1-26-17-4-2-16(3-5-17)10-11-20-28(22,23)18-6-8-19(9-7-18)29(24,25)21-12-14-27-15-13-21/h2-9,20H,10-15H2,1H3. The lowest BCUT2D eigenvalue weighted by Gasteiger charge is -2.26. The molecule has 1 saturated heterocycles. The SMILES string of the molecule is COc1ccc(CCNS(=O)(=O)c2ccc(S(=O)(=O)N3CCOCC3)cc2)cc1. The maximum atomic E-state index is 12.6. The van der Waals surface area contributed by atoms with Crippen LogP contribution in [0.1, 0.15) is 5.56 Å². The van der Waals surface area contributed by atoms with Crippen LogP contribution in [0, 0.1) is 0 Å². The Morgan fingerprint density at radius 2 is 1.52 bits per heavy atom. The van der Waals surface area contributed by atoms with Crippen LogP contribution in [0.2, 0.25) is 0 Å². The van der Waals surface area contributed by atoms with Gasteiger partial charge in [-0.15, -0.1) is 0 Å². The number of rotatable bonds is 8. The van der Waals surface area contributed by atoms with E-state index in [1.54, 1.807) is 7.11 Å². The third kappa shape index (κ3) is 5.34. The van der Waals surface area contributed by atoms with Crippen molar-refractivity contribution in [2.24, 2.45) is 0 Å². The molecule has 158 valence electrons. The molecule has 2 aromatic carbocycles. The van der Waals surface area contributed by atoms with Gasteiger partial charge in [0.1, 0.15) is 5.75 Å². The van der Waals surface area contributed by atoms with Gasteiger partial charge in [-0.3, -0.25) is 0 Å². The van der Waals surface area contributed by atoms with E-state index in [1.165, 1.54) is 28.6 Å². The Balaban J connectivity index is 1.63. The lowest BCUT2D eigenvalue weighted by molar-refractivity contribution is 0.0730. The van der Waals surface area contributed by atoms with E-state index in [-0.39, 0.29) is 29.4 Å². The summed E-state index contributed by atoms with van der Waals surface area (Å²) >= 11 is 0. The average Bonchev–Trinajstić information content (AvgIpc) is 2.75. The van der Waals surface area contributed by atoms with Crippen molar-refractivity contribution in [2.75, 3.05) is 40.0 Å². The fourth-order valence-corrected chi connectivity index (χ4v) is 5.37. The molecule has 0 bridgehead atoms. The first kappa shape index (κ1) is 21.7. The van der Waals surface area contributed by atoms with Crippen LogP contribution in [0.4, 0.5) is 0 Å². The maximum absolute atomic E-state index is 12.6. The summed E-state index contributed by atoms with van der Waals surface area (Å²) in [7, 11) is -5.80. The number of hydrogen-bond acceptors (Lipinski definition) is 6. The number of hydrogen-bond donors (Lipinski definition) is 1. The molecular weight excluding hydrogens is 416 g/mol. The largest absolute Gasteiger partial charge is 0.497 e. The quantitative estimate of drug-likeness (QED) is 0.663. The molecule has 0 amide bonds. The van der Waals surface area contributed by atoms with Gasteiger partial charge in [-0.25, -0.2) is 21.6 Å². The molecule has 2 aromatic rings. The number of nitrogens with zero attached hydrogens (tertiary/aromatic N) is 1. The summed E-state index contributed by atoms with van der Waals surface area (Å²) in [6.07, 6.45) is 0.521. The van der Waals surface area contributed by atoms with Gasteiger partial charge in [0.2, 0.25) is 20.0 Å². The van der Waals surface area contributed by atoms with Crippen molar-refractivity contribution in [3.05, 3.63) is 54.1 Å². The predicted molar refractivity (Wildman–Crippen MR) is 108 cm³/mol. The minimum Gasteiger partial charge on any atom is -0.497 e. The topological polar surface area (TPSA) is 102 Å². The van der Waals surface area contributed by atoms with E-state index in [2.05, 4.69) is 4.72 Å². The minimum atomic E-state index is -3.73. The third-order valence-corrected chi connectivity index (χ3v) is 8.00. The van der Waals surface area contributed by atoms with E-state index in [9.17, 15) is 16.8 Å². The summed E-state index contributed by atoms with van der Waals surface area (Å²) in [4.78, 5) is 0.0877. The monoisotopic (exact) mass is 440 g/mol. The predicted octanol–water partition coefficient (Wildman–Crippen LogP) is 1.24. The van der Waals surface area contributed by atoms with E-state index in [0.717, 1.165) is 11.3 Å². The van der Waals surface area contributed by atoms with E-state index in [1.807, 2.05) is 24.3 Å². The number of sulfonamides is 2. The highest BCUT2D eigenvalue weighted by atomic mass is 32.2. The van der Waals surface area contributed by atoms with Gasteiger partial charge in [-0.05, 0) is 48.4 Å². The fourth-order valence-electron chi connectivity index (χ4n) is 2.93. The van der Waals surface area contributed by atoms with Crippen molar-refractivity contribution >= 4 is 20.0 Å². The second-order valence-electron chi connectivity index (χ2n) is 6.48. The molecule has 8 nitrogen and oxygen atoms in total. The van der Waals surface area contributed by atoms with Crippen LogP contribution >= 0.6 is 0 Å². The first-order valence-corrected chi connectivity index (χ1v) is 12.1. The molecule has 1 fully saturated rings. The van der Waals surface area contributed by atoms with Crippen molar-refractivity contribution < 1.29 is 26.3 Å². The first-order chi connectivity index (χ1) is 13.8. The zero-order valence-electron chi connectivity index (χ0n) is 16.1. The lowest BCUT2D eigenvalue weighted by Crippen LogP contribution is -2.40. The van der Waals surface area contributed by atoms with Crippen LogP contribution < -0.4 is 9.46 Å². The molecule has 0 atom stereocenters. The highest BCUT2D eigenvalue weighted by Gasteiger charge is 2.26. The van der Waals surface area contributed by atoms with Gasteiger partial charge in [0.15, 0.2) is 0 Å². The second-order valence-corrected chi connectivity index (χ2v) is 10.2. The van der Waals surface area contributed by atoms with Gasteiger partial charge in [-0.1, -0.05) is 12.1 Å². The molecule has 0 spiro atoms. The zero-order chi connectivity index (χ0) is 20.9. The molecule has 0 saturated carbocycles. The lowest BCUT2D eigenvalue weighted by atomic mass is 10.1.